The molecule has 2 nitrogen and oxygen atoms in total. The van der Waals surface area contributed by atoms with Crippen molar-refractivity contribution in [3.63, 3.8) is 0 Å². The van der Waals surface area contributed by atoms with Crippen molar-refractivity contribution in [2.45, 2.75) is 778 Å². The number of hydrogen-bond acceptors (Lipinski definition) is 1. The third-order valence-electron chi connectivity index (χ3n) is 30.6. The summed E-state index contributed by atoms with van der Waals surface area (Å²) >= 11 is 0. The molecule has 0 radical (unpaired) electrons. The molecule has 0 atom stereocenters. The first-order valence-corrected chi connectivity index (χ1v) is 62.0. The molecular weight excluding hydrogens is 1520 g/mol. The second-order valence-corrected chi connectivity index (χ2v) is 43.5. The summed E-state index contributed by atoms with van der Waals surface area (Å²) in [6.45, 7) is 5.21. The third kappa shape index (κ3) is 118. The van der Waals surface area contributed by atoms with E-state index in [1.54, 1.807) is 0 Å². The average molecular weight is 1770 g/mol. The smallest absolute Gasteiger partial charge is 0.222 e. The van der Waals surface area contributed by atoms with Crippen molar-refractivity contribution >= 4 is 5.91 Å². The Morgan fingerprint density at radius 1 is 0.111 bits per heavy atom. The normalized spacial score (nSPS) is 11.8. The van der Waals surface area contributed by atoms with Crippen LogP contribution < -0.4 is 0 Å². The molecule has 0 aromatic heterocycles. The minimum atomic E-state index is 0.282. The van der Waals surface area contributed by atoms with E-state index in [0.29, 0.717) is 6.42 Å². The number of carbonyl (C=O) groups is 1. The Labute approximate surface area is 802 Å². The van der Waals surface area contributed by atoms with Gasteiger partial charge in [-0.15, -0.1) is 0 Å². The lowest BCUT2D eigenvalue weighted by Gasteiger charge is -2.15. The molecule has 756 valence electrons. The zero-order valence-corrected chi connectivity index (χ0v) is 89.2. The minimum absolute atomic E-state index is 0.282. The van der Waals surface area contributed by atoms with Crippen molar-refractivity contribution < 1.29 is 4.79 Å². The fourth-order valence-corrected chi connectivity index (χ4v) is 21.3. The molecule has 0 aromatic rings. The van der Waals surface area contributed by atoms with E-state index in [1.165, 1.54) is 758 Å². The van der Waals surface area contributed by atoms with Crippen molar-refractivity contribution in [1.29, 1.82) is 0 Å². The third-order valence-corrected chi connectivity index (χ3v) is 30.6. The van der Waals surface area contributed by atoms with E-state index in [1.807, 2.05) is 18.9 Å². The Morgan fingerprint density at radius 3 is 0.238 bits per heavy atom. The molecule has 0 aliphatic rings. The molecule has 0 aromatic carbocycles. The molecule has 2 heteroatoms. The van der Waals surface area contributed by atoms with Gasteiger partial charge >= 0.3 is 0 Å². The van der Waals surface area contributed by atoms with Crippen LogP contribution in [0.25, 0.3) is 0 Å². The quantitative estimate of drug-likeness (QED) is 0.0556. The van der Waals surface area contributed by atoms with Crippen molar-refractivity contribution in [3.05, 3.63) is 0 Å². The molecule has 0 N–H and O–H groups in total. The monoisotopic (exact) mass is 1770 g/mol. The van der Waals surface area contributed by atoms with Gasteiger partial charge in [-0.05, 0) is 6.42 Å². The number of unbranched alkanes of at least 4 members (excludes halogenated alkanes) is 117. The number of nitrogens with zero attached hydrogens (tertiary/aromatic N) is 1. The summed E-state index contributed by atoms with van der Waals surface area (Å²) < 4.78 is 0. The Hall–Kier alpha value is -0.530. The van der Waals surface area contributed by atoms with E-state index >= 15 is 0 Å². The fourth-order valence-electron chi connectivity index (χ4n) is 21.3. The first-order chi connectivity index (χ1) is 62.7. The van der Waals surface area contributed by atoms with Gasteiger partial charge in [0.15, 0.2) is 0 Å². The van der Waals surface area contributed by atoms with Gasteiger partial charge in [0, 0.05) is 20.0 Å². The van der Waals surface area contributed by atoms with Gasteiger partial charge in [0.05, 0.1) is 0 Å². The van der Waals surface area contributed by atoms with Gasteiger partial charge in [0.1, 0.15) is 0 Å². The summed E-state index contributed by atoms with van der Waals surface area (Å²) in [5, 5.41) is 0. The molecule has 0 unspecified atom stereocenters. The SMILES string of the molecule is CCCCCCCCCCCCCCCCCCCCCCCCCCCCCCCCCCCCCCCCCCCCCCCCCCCCCCCCCCCCCCCCCCCCCCCCCCCCCCCCCCCCCCCCCCCCCCCCCCCCCCCCCCCCCCCCCCCCCCCCN(C)C(=O)CC. The van der Waals surface area contributed by atoms with Crippen LogP contribution in [0, 0.1) is 0 Å². The van der Waals surface area contributed by atoms with Crippen LogP contribution in [0.1, 0.15) is 778 Å². The van der Waals surface area contributed by atoms with Crippen LogP contribution in [0.4, 0.5) is 0 Å². The lowest BCUT2D eigenvalue weighted by atomic mass is 10.0. The van der Waals surface area contributed by atoms with Gasteiger partial charge in [-0.3, -0.25) is 4.79 Å². The van der Waals surface area contributed by atoms with Gasteiger partial charge in [0.25, 0.3) is 0 Å². The molecule has 0 aliphatic carbocycles. The maximum Gasteiger partial charge on any atom is 0.222 e. The molecule has 0 aliphatic heterocycles. The van der Waals surface area contributed by atoms with Crippen LogP contribution >= 0.6 is 0 Å². The van der Waals surface area contributed by atoms with Gasteiger partial charge in [0.2, 0.25) is 5.91 Å². The van der Waals surface area contributed by atoms with E-state index in [9.17, 15) is 4.79 Å². The highest BCUT2D eigenvalue weighted by molar-refractivity contribution is 5.75. The summed E-state index contributed by atoms with van der Waals surface area (Å²) in [6, 6.07) is 0. The largest absolute Gasteiger partial charge is 0.346 e. The molecule has 0 bridgehead atoms. The molecule has 0 fully saturated rings. The second-order valence-electron chi connectivity index (χ2n) is 43.5. The van der Waals surface area contributed by atoms with Crippen LogP contribution in [0.3, 0.4) is 0 Å². The van der Waals surface area contributed by atoms with E-state index in [-0.39, 0.29) is 5.91 Å². The molecule has 0 heterocycles. The predicted octanol–water partition coefficient (Wildman–Crippen LogP) is 46.9. The summed E-state index contributed by atoms with van der Waals surface area (Å²) in [5.74, 6) is 0.282. The van der Waals surface area contributed by atoms with Crippen LogP contribution in [-0.2, 0) is 4.79 Å². The fraction of sp³-hybridized carbons (Fsp3) is 0.992. The maximum absolute atomic E-state index is 11.6. The van der Waals surface area contributed by atoms with E-state index in [0.717, 1.165) is 6.54 Å². The predicted molar refractivity (Wildman–Crippen MR) is 578 cm³/mol. The van der Waals surface area contributed by atoms with Gasteiger partial charge in [-0.2, -0.15) is 0 Å². The Bertz CT molecular complexity index is 1730. The summed E-state index contributed by atoms with van der Waals surface area (Å²) in [7, 11) is 1.95. The topological polar surface area (TPSA) is 20.3 Å². The highest BCUT2D eigenvalue weighted by Gasteiger charge is 2.08. The van der Waals surface area contributed by atoms with E-state index in [4.69, 9.17) is 0 Å². The highest BCUT2D eigenvalue weighted by Crippen LogP contribution is 2.26. The lowest BCUT2D eigenvalue weighted by Crippen LogP contribution is -2.26. The second kappa shape index (κ2) is 121. The Kier molecular flexibility index (Phi) is 120. The molecule has 0 saturated heterocycles. The zero-order valence-electron chi connectivity index (χ0n) is 89.2. The summed E-state index contributed by atoms with van der Waals surface area (Å²) in [4.78, 5) is 13.5. The summed E-state index contributed by atoms with van der Waals surface area (Å²) in [5.41, 5.74) is 0. The molecule has 0 rings (SSSR count). The Morgan fingerprint density at radius 2 is 0.175 bits per heavy atom. The molecule has 126 heavy (non-hydrogen) atoms. The van der Waals surface area contributed by atoms with Crippen molar-refractivity contribution in [2.24, 2.45) is 0 Å². The van der Waals surface area contributed by atoms with E-state index in [2.05, 4.69) is 6.92 Å². The number of carbonyl (C=O) groups excluding carboxylic acids is 1. The van der Waals surface area contributed by atoms with Crippen molar-refractivity contribution in [1.82, 2.24) is 4.90 Å². The Balaban J connectivity index is 3.11. The maximum atomic E-state index is 11.6. The number of amides is 1. The van der Waals surface area contributed by atoms with E-state index < -0.39 is 0 Å². The molecule has 0 spiro atoms. The molecular formula is C124H249NO. The van der Waals surface area contributed by atoms with Crippen LogP contribution in [0.15, 0.2) is 0 Å². The van der Waals surface area contributed by atoms with Crippen molar-refractivity contribution in [2.75, 3.05) is 13.6 Å². The standard InChI is InChI=1S/C124H249NO/c1-4-6-7-8-9-10-11-12-13-14-15-16-17-18-19-20-21-22-23-24-25-26-27-28-29-30-31-32-33-34-35-36-37-38-39-40-41-42-43-44-45-46-47-48-49-50-51-52-53-54-55-56-57-58-59-60-61-62-63-64-65-66-67-68-69-70-71-72-73-74-75-76-77-78-79-80-81-82-83-84-85-86-87-88-89-90-91-92-93-94-95-96-97-98-99-100-101-102-103-104-105-106-107-108-109-110-111-112-113-114-115-116-117-118-119-120-121-122-123-125(3)124(126)5-2/h4-123H2,1-3H3. The minimum Gasteiger partial charge on any atom is -0.346 e. The first-order valence-electron chi connectivity index (χ1n) is 62.0. The number of hydrogen-bond donors (Lipinski definition) is 0. The average Bonchev–Trinajstić information content (AvgIpc) is 0.988. The van der Waals surface area contributed by atoms with Crippen molar-refractivity contribution in [3.8, 4) is 0 Å². The van der Waals surface area contributed by atoms with Gasteiger partial charge < -0.3 is 4.90 Å². The van der Waals surface area contributed by atoms with Gasteiger partial charge in [-0.1, -0.05) is 765 Å². The highest BCUT2D eigenvalue weighted by atomic mass is 16.2. The van der Waals surface area contributed by atoms with Gasteiger partial charge in [-0.25, -0.2) is 0 Å². The van der Waals surface area contributed by atoms with Crippen LogP contribution in [0.2, 0.25) is 0 Å². The molecule has 1 amide bonds. The van der Waals surface area contributed by atoms with Crippen LogP contribution in [0.5, 0.6) is 0 Å². The van der Waals surface area contributed by atoms with Crippen LogP contribution in [-0.4, -0.2) is 24.4 Å². The summed E-state index contributed by atoms with van der Waals surface area (Å²) in [6.07, 6.45) is 176. The first kappa shape index (κ1) is 125. The number of rotatable bonds is 120. The molecule has 0 saturated carbocycles. The lowest BCUT2D eigenvalue weighted by molar-refractivity contribution is -0.129. The zero-order chi connectivity index (χ0) is 90.0.